The molecule has 5 rings (SSSR count). The van der Waals surface area contributed by atoms with Crippen molar-refractivity contribution in [1.29, 1.82) is 0 Å². The second kappa shape index (κ2) is 7.46. The summed E-state index contributed by atoms with van der Waals surface area (Å²) >= 11 is 0. The van der Waals surface area contributed by atoms with E-state index in [1.807, 2.05) is 18.2 Å². The molecule has 0 saturated carbocycles. The second-order valence-electron chi connectivity index (χ2n) is 10.4. The molecule has 3 nitrogen and oxygen atoms in total. The van der Waals surface area contributed by atoms with E-state index in [-0.39, 0.29) is 5.41 Å². The third-order valence-electron chi connectivity index (χ3n) is 6.62. The molecule has 3 aromatic carbocycles. The Balaban J connectivity index is 1.76. The Hall–Kier alpha value is -3.64. The van der Waals surface area contributed by atoms with Crippen LogP contribution in [0.1, 0.15) is 37.5 Å². The minimum atomic E-state index is 0.258. The van der Waals surface area contributed by atoms with Crippen LogP contribution in [-0.2, 0) is 13.5 Å². The van der Waals surface area contributed by atoms with Gasteiger partial charge in [-0.2, -0.15) is 4.57 Å². The van der Waals surface area contributed by atoms with Crippen LogP contribution < -0.4 is 4.57 Å². The number of rotatable bonds is 2. The zero-order valence-corrected chi connectivity index (χ0v) is 20.2. The highest BCUT2D eigenvalue weighted by Crippen LogP contribution is 2.39. The van der Waals surface area contributed by atoms with Crippen molar-refractivity contribution >= 4 is 38.5 Å². The summed E-state index contributed by atoms with van der Waals surface area (Å²) in [7, 11) is 2.13. The third-order valence-corrected chi connectivity index (χ3v) is 6.62. The van der Waals surface area contributed by atoms with Crippen LogP contribution in [0.4, 0.5) is 5.69 Å². The van der Waals surface area contributed by atoms with Gasteiger partial charge in [0.25, 0.3) is 0 Å². The van der Waals surface area contributed by atoms with E-state index >= 15 is 0 Å². The van der Waals surface area contributed by atoms with Crippen LogP contribution in [0.15, 0.2) is 59.0 Å². The van der Waals surface area contributed by atoms with Crippen LogP contribution in [0.3, 0.4) is 0 Å². The van der Waals surface area contributed by atoms with Crippen molar-refractivity contribution in [3.8, 4) is 11.3 Å². The Morgan fingerprint density at radius 1 is 0.939 bits per heavy atom. The number of fused-ring (bicyclic) bond motifs is 4. The SMILES string of the molecule is [C-]#[N+]c1ccc2c(c1)oc1c(-c3ccc4cc(CC(C)(C)C)ccc4[n+]3C)c(C)c(C)cc12. The van der Waals surface area contributed by atoms with Gasteiger partial charge in [-0.1, -0.05) is 39.0 Å². The molecule has 5 aromatic rings. The predicted octanol–water partition coefficient (Wildman–Crippen LogP) is 7.99. The molecule has 0 aliphatic rings. The lowest BCUT2D eigenvalue weighted by Gasteiger charge is -2.18. The molecule has 0 fully saturated rings. The zero-order chi connectivity index (χ0) is 23.5. The number of hydrogen-bond acceptors (Lipinski definition) is 1. The molecule has 3 heteroatoms. The molecular formula is C30H29N2O+. The fourth-order valence-corrected chi connectivity index (χ4v) is 4.93. The van der Waals surface area contributed by atoms with Crippen molar-refractivity contribution in [1.82, 2.24) is 0 Å². The van der Waals surface area contributed by atoms with Crippen LogP contribution in [-0.4, -0.2) is 0 Å². The summed E-state index contributed by atoms with van der Waals surface area (Å²) in [5, 5.41) is 3.40. The zero-order valence-electron chi connectivity index (χ0n) is 20.2. The Bertz CT molecular complexity index is 1610. The highest BCUT2D eigenvalue weighted by Gasteiger charge is 2.24. The van der Waals surface area contributed by atoms with Gasteiger partial charge in [-0.3, -0.25) is 0 Å². The summed E-state index contributed by atoms with van der Waals surface area (Å²) in [6, 6.07) is 19.2. The molecule has 2 aromatic heterocycles. The van der Waals surface area contributed by atoms with E-state index < -0.39 is 0 Å². The molecule has 33 heavy (non-hydrogen) atoms. The second-order valence-corrected chi connectivity index (χ2v) is 10.4. The van der Waals surface area contributed by atoms with Crippen molar-refractivity contribution < 1.29 is 8.98 Å². The molecule has 0 spiro atoms. The lowest BCUT2D eigenvalue weighted by atomic mass is 9.87. The quantitative estimate of drug-likeness (QED) is 0.204. The number of nitrogens with zero attached hydrogens (tertiary/aromatic N) is 2. The normalized spacial score (nSPS) is 12.0. The number of furan rings is 1. The predicted molar refractivity (Wildman–Crippen MR) is 137 cm³/mol. The summed E-state index contributed by atoms with van der Waals surface area (Å²) in [4.78, 5) is 3.57. The van der Waals surface area contributed by atoms with Crippen LogP contribution in [0.2, 0.25) is 0 Å². The first-order valence-corrected chi connectivity index (χ1v) is 11.4. The maximum absolute atomic E-state index is 7.35. The maximum Gasteiger partial charge on any atom is 0.216 e. The summed E-state index contributed by atoms with van der Waals surface area (Å²) in [5.41, 5.74) is 9.76. The van der Waals surface area contributed by atoms with Gasteiger partial charge in [0, 0.05) is 28.3 Å². The standard InChI is InChI=1S/C30H29N2O/c1-18-14-24-23-11-10-22(31-6)16-27(23)33-29(24)28(19(18)2)26-13-9-21-15-20(17-30(3,4)5)8-12-25(21)32(26)7/h8-16H,17H2,1-5,7H3/q+1. The van der Waals surface area contributed by atoms with Crippen LogP contribution >= 0.6 is 0 Å². The van der Waals surface area contributed by atoms with E-state index in [1.165, 1.54) is 27.6 Å². The van der Waals surface area contributed by atoms with Gasteiger partial charge in [-0.25, -0.2) is 4.85 Å². The van der Waals surface area contributed by atoms with Gasteiger partial charge in [0.15, 0.2) is 5.69 Å². The van der Waals surface area contributed by atoms with Crippen molar-refractivity contribution in [2.75, 3.05) is 0 Å². The summed E-state index contributed by atoms with van der Waals surface area (Å²) < 4.78 is 8.67. The Morgan fingerprint density at radius 2 is 1.73 bits per heavy atom. The first-order valence-electron chi connectivity index (χ1n) is 11.4. The van der Waals surface area contributed by atoms with Crippen LogP contribution in [0.5, 0.6) is 0 Å². The van der Waals surface area contributed by atoms with Gasteiger partial charge in [0.1, 0.15) is 18.2 Å². The van der Waals surface area contributed by atoms with Crippen molar-refractivity contribution in [2.45, 2.75) is 41.0 Å². The molecule has 164 valence electrons. The highest BCUT2D eigenvalue weighted by molar-refractivity contribution is 6.10. The number of aromatic nitrogens is 1. The fourth-order valence-electron chi connectivity index (χ4n) is 4.93. The topological polar surface area (TPSA) is 21.4 Å². The van der Waals surface area contributed by atoms with Crippen molar-refractivity contribution in [2.24, 2.45) is 12.5 Å². The molecule has 0 radical (unpaired) electrons. The van der Waals surface area contributed by atoms with Gasteiger partial charge in [-0.05, 0) is 66.6 Å². The van der Waals surface area contributed by atoms with Gasteiger partial charge in [0.2, 0.25) is 11.2 Å². The summed E-state index contributed by atoms with van der Waals surface area (Å²) in [6.45, 7) is 18.5. The van der Waals surface area contributed by atoms with E-state index in [4.69, 9.17) is 11.0 Å². The number of pyridine rings is 1. The molecule has 0 saturated heterocycles. The van der Waals surface area contributed by atoms with Gasteiger partial charge < -0.3 is 4.42 Å². The highest BCUT2D eigenvalue weighted by atomic mass is 16.3. The maximum atomic E-state index is 7.35. The molecule has 0 N–H and O–H groups in total. The minimum absolute atomic E-state index is 0.258. The fraction of sp³-hybridized carbons (Fsp3) is 0.267. The van der Waals surface area contributed by atoms with E-state index in [9.17, 15) is 0 Å². The Kier molecular flexibility index (Phi) is 4.79. The Labute approximate surface area is 195 Å². The molecule has 0 aliphatic carbocycles. The molecule has 0 atom stereocenters. The average Bonchev–Trinajstić information content (AvgIpc) is 3.11. The molecular weight excluding hydrogens is 404 g/mol. The Morgan fingerprint density at radius 3 is 2.45 bits per heavy atom. The monoisotopic (exact) mass is 433 g/mol. The summed E-state index contributed by atoms with van der Waals surface area (Å²) in [5.74, 6) is 0. The number of aryl methyl sites for hydroxylation is 2. The van der Waals surface area contributed by atoms with E-state index in [0.717, 1.165) is 39.6 Å². The van der Waals surface area contributed by atoms with Gasteiger partial charge in [-0.15, -0.1) is 0 Å². The van der Waals surface area contributed by atoms with E-state index in [0.29, 0.717) is 5.69 Å². The lowest BCUT2D eigenvalue weighted by molar-refractivity contribution is -0.633. The summed E-state index contributed by atoms with van der Waals surface area (Å²) in [6.07, 6.45) is 1.05. The largest absolute Gasteiger partial charge is 0.456 e. The third kappa shape index (κ3) is 3.56. The lowest BCUT2D eigenvalue weighted by Crippen LogP contribution is -2.32. The van der Waals surface area contributed by atoms with E-state index in [1.54, 1.807) is 0 Å². The molecule has 0 aliphatic heterocycles. The van der Waals surface area contributed by atoms with Crippen LogP contribution in [0, 0.1) is 25.8 Å². The van der Waals surface area contributed by atoms with Crippen molar-refractivity contribution in [3.05, 3.63) is 82.7 Å². The molecule has 2 heterocycles. The number of benzene rings is 3. The van der Waals surface area contributed by atoms with Gasteiger partial charge >= 0.3 is 0 Å². The molecule has 0 unspecified atom stereocenters. The first kappa shape index (κ1) is 21.2. The van der Waals surface area contributed by atoms with Crippen molar-refractivity contribution in [3.63, 3.8) is 0 Å². The van der Waals surface area contributed by atoms with E-state index in [2.05, 4.69) is 87.5 Å². The van der Waals surface area contributed by atoms with Crippen LogP contribution in [0.25, 0.3) is 48.9 Å². The first-order chi connectivity index (χ1) is 15.7. The van der Waals surface area contributed by atoms with Gasteiger partial charge in [0.05, 0.1) is 12.1 Å². The number of hydrogen-bond donors (Lipinski definition) is 0. The molecule has 0 amide bonds. The minimum Gasteiger partial charge on any atom is -0.456 e. The average molecular weight is 434 g/mol. The smallest absolute Gasteiger partial charge is 0.216 e. The molecule has 0 bridgehead atoms.